The molecule has 0 unspecified atom stereocenters. The van der Waals surface area contributed by atoms with Crippen molar-refractivity contribution < 1.29 is 19.1 Å². The molecular weight excluding hydrogens is 248 g/mol. The van der Waals surface area contributed by atoms with E-state index in [4.69, 9.17) is 15.2 Å². The molecule has 104 valence electrons. The second-order valence-electron chi connectivity index (χ2n) is 4.00. The van der Waals surface area contributed by atoms with Gasteiger partial charge in [-0.2, -0.15) is 0 Å². The number of carbonyl (C=O) groups is 2. The van der Waals surface area contributed by atoms with E-state index in [1.165, 1.54) is 0 Å². The summed E-state index contributed by atoms with van der Waals surface area (Å²) < 4.78 is 10.5. The minimum atomic E-state index is -0.992. The molecule has 0 saturated heterocycles. The Morgan fingerprint density at radius 3 is 2.37 bits per heavy atom. The predicted octanol–water partition coefficient (Wildman–Crippen LogP) is 0.156. The Labute approximate surface area is 111 Å². The van der Waals surface area contributed by atoms with E-state index in [1.54, 1.807) is 14.2 Å². The van der Waals surface area contributed by atoms with Crippen molar-refractivity contribution in [2.75, 3.05) is 20.8 Å². The summed E-state index contributed by atoms with van der Waals surface area (Å²) in [6.45, 7) is 2.21. The Morgan fingerprint density at radius 2 is 1.84 bits per heavy atom. The molecule has 0 heterocycles. The predicted molar refractivity (Wildman–Crippen MR) is 70.2 cm³/mol. The standard InChI is InChI=1S/C13H18N2O4/c1-8-6-11(19-3)9(7-10(8)18-2)4-5-15-13(17)12(14)16/h6-7H,4-5H2,1-3H3,(H2,14,16)(H,15,17). The fourth-order valence-electron chi connectivity index (χ4n) is 1.71. The molecule has 0 fully saturated rings. The van der Waals surface area contributed by atoms with Crippen LogP contribution in [-0.2, 0) is 16.0 Å². The number of methoxy groups -OCH3 is 2. The van der Waals surface area contributed by atoms with Crippen LogP contribution in [0.3, 0.4) is 0 Å². The molecule has 1 aromatic carbocycles. The molecule has 6 heteroatoms. The number of benzene rings is 1. The van der Waals surface area contributed by atoms with Crippen LogP contribution in [0.2, 0.25) is 0 Å². The molecule has 2 amide bonds. The normalized spacial score (nSPS) is 9.84. The lowest BCUT2D eigenvalue weighted by molar-refractivity contribution is -0.137. The van der Waals surface area contributed by atoms with E-state index in [1.807, 2.05) is 19.1 Å². The van der Waals surface area contributed by atoms with E-state index in [0.717, 1.165) is 16.9 Å². The number of nitrogens with one attached hydrogen (secondary N) is 1. The van der Waals surface area contributed by atoms with Crippen molar-refractivity contribution in [1.29, 1.82) is 0 Å². The smallest absolute Gasteiger partial charge is 0.309 e. The third-order valence-corrected chi connectivity index (χ3v) is 2.70. The molecule has 0 aromatic heterocycles. The minimum absolute atomic E-state index is 0.296. The van der Waals surface area contributed by atoms with Gasteiger partial charge in [-0.1, -0.05) is 0 Å². The van der Waals surface area contributed by atoms with Crippen molar-refractivity contribution in [3.63, 3.8) is 0 Å². The first-order chi connectivity index (χ1) is 8.99. The van der Waals surface area contributed by atoms with Crippen molar-refractivity contribution in [3.8, 4) is 11.5 Å². The van der Waals surface area contributed by atoms with E-state index in [2.05, 4.69) is 5.32 Å². The topological polar surface area (TPSA) is 90.6 Å². The van der Waals surface area contributed by atoms with Gasteiger partial charge >= 0.3 is 11.8 Å². The van der Waals surface area contributed by atoms with Gasteiger partial charge in [-0.3, -0.25) is 9.59 Å². The SMILES string of the molecule is COc1cc(CCNC(=O)C(N)=O)c(OC)cc1C. The van der Waals surface area contributed by atoms with Gasteiger partial charge in [0, 0.05) is 6.54 Å². The van der Waals surface area contributed by atoms with E-state index >= 15 is 0 Å². The van der Waals surface area contributed by atoms with Crippen LogP contribution in [0, 0.1) is 6.92 Å². The Kier molecular flexibility index (Phi) is 5.17. The molecule has 1 aromatic rings. The number of nitrogens with two attached hydrogens (primary N) is 1. The van der Waals surface area contributed by atoms with Crippen molar-refractivity contribution in [2.45, 2.75) is 13.3 Å². The first-order valence-electron chi connectivity index (χ1n) is 5.78. The lowest BCUT2D eigenvalue weighted by Crippen LogP contribution is -2.37. The highest BCUT2D eigenvalue weighted by Gasteiger charge is 2.11. The Hall–Kier alpha value is -2.24. The number of ether oxygens (including phenoxy) is 2. The Bertz CT molecular complexity index is 486. The zero-order valence-corrected chi connectivity index (χ0v) is 11.3. The first kappa shape index (κ1) is 14.8. The fourth-order valence-corrected chi connectivity index (χ4v) is 1.71. The van der Waals surface area contributed by atoms with Gasteiger partial charge in [-0.25, -0.2) is 0 Å². The largest absolute Gasteiger partial charge is 0.496 e. The number of hydrogen-bond donors (Lipinski definition) is 2. The second-order valence-corrected chi connectivity index (χ2v) is 4.00. The van der Waals surface area contributed by atoms with Gasteiger partial charge in [0.1, 0.15) is 11.5 Å². The molecular formula is C13H18N2O4. The van der Waals surface area contributed by atoms with Gasteiger partial charge in [0.25, 0.3) is 0 Å². The number of amides is 2. The summed E-state index contributed by atoms with van der Waals surface area (Å²) in [7, 11) is 3.17. The maximum Gasteiger partial charge on any atom is 0.309 e. The Morgan fingerprint density at radius 1 is 1.21 bits per heavy atom. The van der Waals surface area contributed by atoms with E-state index in [9.17, 15) is 9.59 Å². The van der Waals surface area contributed by atoms with Gasteiger partial charge in [0.05, 0.1) is 14.2 Å². The molecule has 0 aliphatic heterocycles. The summed E-state index contributed by atoms with van der Waals surface area (Å²) in [6.07, 6.45) is 0.513. The van der Waals surface area contributed by atoms with Crippen LogP contribution in [0.25, 0.3) is 0 Å². The average molecular weight is 266 g/mol. The maximum atomic E-state index is 11.0. The quantitative estimate of drug-likeness (QED) is 0.743. The monoisotopic (exact) mass is 266 g/mol. The molecule has 0 aliphatic rings. The van der Waals surface area contributed by atoms with Crippen LogP contribution < -0.4 is 20.5 Å². The summed E-state index contributed by atoms with van der Waals surface area (Å²) in [6, 6.07) is 3.72. The summed E-state index contributed by atoms with van der Waals surface area (Å²) in [4.78, 5) is 21.6. The van der Waals surface area contributed by atoms with E-state index in [0.29, 0.717) is 18.7 Å². The summed E-state index contributed by atoms with van der Waals surface area (Å²) in [5.74, 6) is -0.324. The maximum absolute atomic E-state index is 11.0. The van der Waals surface area contributed by atoms with Gasteiger partial charge in [0.2, 0.25) is 0 Å². The van der Waals surface area contributed by atoms with Gasteiger partial charge in [-0.05, 0) is 36.6 Å². The zero-order valence-electron chi connectivity index (χ0n) is 11.3. The zero-order chi connectivity index (χ0) is 14.4. The molecule has 0 aliphatic carbocycles. The lowest BCUT2D eigenvalue weighted by Gasteiger charge is -2.13. The minimum Gasteiger partial charge on any atom is -0.496 e. The number of carbonyl (C=O) groups excluding carboxylic acids is 2. The summed E-state index contributed by atoms with van der Waals surface area (Å²) in [5.41, 5.74) is 6.69. The lowest BCUT2D eigenvalue weighted by atomic mass is 10.1. The fraction of sp³-hybridized carbons (Fsp3) is 0.385. The van der Waals surface area contributed by atoms with Crippen molar-refractivity contribution in [2.24, 2.45) is 5.73 Å². The average Bonchev–Trinajstić information content (AvgIpc) is 2.39. The first-order valence-corrected chi connectivity index (χ1v) is 5.78. The number of rotatable bonds is 5. The molecule has 3 N–H and O–H groups in total. The highest BCUT2D eigenvalue weighted by molar-refractivity contribution is 6.34. The van der Waals surface area contributed by atoms with E-state index in [-0.39, 0.29) is 0 Å². The third kappa shape index (κ3) is 3.87. The molecule has 0 spiro atoms. The summed E-state index contributed by atoms with van der Waals surface area (Å²) >= 11 is 0. The highest BCUT2D eigenvalue weighted by atomic mass is 16.5. The van der Waals surface area contributed by atoms with E-state index < -0.39 is 11.8 Å². The van der Waals surface area contributed by atoms with Crippen molar-refractivity contribution in [1.82, 2.24) is 5.32 Å². The molecule has 6 nitrogen and oxygen atoms in total. The van der Waals surface area contributed by atoms with Crippen molar-refractivity contribution >= 4 is 11.8 Å². The van der Waals surface area contributed by atoms with Gasteiger partial charge < -0.3 is 20.5 Å². The molecule has 0 saturated carbocycles. The van der Waals surface area contributed by atoms with Gasteiger partial charge in [-0.15, -0.1) is 0 Å². The van der Waals surface area contributed by atoms with Crippen LogP contribution in [0.4, 0.5) is 0 Å². The molecule has 1 rings (SSSR count). The molecule has 19 heavy (non-hydrogen) atoms. The van der Waals surface area contributed by atoms with Crippen molar-refractivity contribution in [3.05, 3.63) is 23.3 Å². The third-order valence-electron chi connectivity index (χ3n) is 2.70. The second kappa shape index (κ2) is 6.63. The van der Waals surface area contributed by atoms with Gasteiger partial charge in [0.15, 0.2) is 0 Å². The Balaban J connectivity index is 2.76. The molecule has 0 atom stereocenters. The van der Waals surface area contributed by atoms with Crippen LogP contribution >= 0.6 is 0 Å². The molecule has 0 radical (unpaired) electrons. The number of hydrogen-bond acceptors (Lipinski definition) is 4. The summed E-state index contributed by atoms with van der Waals surface area (Å²) in [5, 5.41) is 2.42. The highest BCUT2D eigenvalue weighted by Crippen LogP contribution is 2.28. The number of primary amides is 1. The van der Waals surface area contributed by atoms with Crippen LogP contribution in [0.1, 0.15) is 11.1 Å². The number of aryl methyl sites for hydroxylation is 1. The van der Waals surface area contributed by atoms with Crippen LogP contribution in [0.15, 0.2) is 12.1 Å². The molecule has 0 bridgehead atoms. The van der Waals surface area contributed by atoms with Crippen LogP contribution in [-0.4, -0.2) is 32.6 Å². The van der Waals surface area contributed by atoms with Crippen LogP contribution in [0.5, 0.6) is 11.5 Å².